The molecule has 96 valence electrons. The molecule has 0 N–H and O–H groups in total. The van der Waals surface area contributed by atoms with E-state index in [-0.39, 0.29) is 18.1 Å². The van der Waals surface area contributed by atoms with E-state index in [2.05, 4.69) is 31.9 Å². The summed E-state index contributed by atoms with van der Waals surface area (Å²) in [5, 5.41) is 0.774. The van der Waals surface area contributed by atoms with Crippen LogP contribution < -0.4 is 4.74 Å². The van der Waals surface area contributed by atoms with E-state index in [1.54, 1.807) is 6.92 Å². The first-order chi connectivity index (χ1) is 7.98. The maximum absolute atomic E-state index is 11.3. The third kappa shape index (κ3) is 4.97. The number of ether oxygens (including phenoxy) is 1. The van der Waals surface area contributed by atoms with E-state index in [0.717, 1.165) is 15.4 Å². The standard InChI is InChI=1S/C11H14Br2O3S/c1-2-17(14,15)6-5-16-11-4-3-9(8-12)7-10(11)13/h3-4,7H,2,5-6,8H2,1H3. The molecule has 0 saturated carbocycles. The normalized spacial score (nSPS) is 11.5. The van der Waals surface area contributed by atoms with Crippen LogP contribution in [0.3, 0.4) is 0 Å². The summed E-state index contributed by atoms with van der Waals surface area (Å²) in [6, 6.07) is 5.71. The molecular formula is C11H14Br2O3S. The number of hydrogen-bond donors (Lipinski definition) is 0. The Labute approximate surface area is 119 Å². The molecule has 0 atom stereocenters. The van der Waals surface area contributed by atoms with Gasteiger partial charge in [0.2, 0.25) is 0 Å². The molecule has 3 nitrogen and oxygen atoms in total. The summed E-state index contributed by atoms with van der Waals surface area (Å²) >= 11 is 6.75. The summed E-state index contributed by atoms with van der Waals surface area (Å²) in [5.74, 6) is 0.872. The van der Waals surface area contributed by atoms with Crippen LogP contribution in [0.5, 0.6) is 5.75 Å². The topological polar surface area (TPSA) is 43.4 Å². The van der Waals surface area contributed by atoms with E-state index in [1.807, 2.05) is 18.2 Å². The molecule has 17 heavy (non-hydrogen) atoms. The van der Waals surface area contributed by atoms with E-state index in [1.165, 1.54) is 0 Å². The summed E-state index contributed by atoms with van der Waals surface area (Å²) < 4.78 is 28.8. The van der Waals surface area contributed by atoms with Gasteiger partial charge < -0.3 is 4.74 Å². The van der Waals surface area contributed by atoms with Crippen LogP contribution in [-0.2, 0) is 15.2 Å². The Hall–Kier alpha value is -0.0700. The van der Waals surface area contributed by atoms with Crippen molar-refractivity contribution in [3.63, 3.8) is 0 Å². The van der Waals surface area contributed by atoms with E-state index in [9.17, 15) is 8.42 Å². The van der Waals surface area contributed by atoms with Gasteiger partial charge in [0.25, 0.3) is 0 Å². The monoisotopic (exact) mass is 384 g/mol. The molecule has 0 radical (unpaired) electrons. The smallest absolute Gasteiger partial charge is 0.153 e. The van der Waals surface area contributed by atoms with Gasteiger partial charge in [-0.3, -0.25) is 0 Å². The number of rotatable bonds is 6. The van der Waals surface area contributed by atoms with Gasteiger partial charge in [0, 0.05) is 11.1 Å². The number of hydrogen-bond acceptors (Lipinski definition) is 3. The Morgan fingerprint density at radius 3 is 2.59 bits per heavy atom. The molecule has 1 aromatic rings. The number of alkyl halides is 1. The highest BCUT2D eigenvalue weighted by molar-refractivity contribution is 9.10. The van der Waals surface area contributed by atoms with Crippen molar-refractivity contribution in [2.75, 3.05) is 18.1 Å². The molecule has 0 heterocycles. The number of sulfone groups is 1. The van der Waals surface area contributed by atoms with Gasteiger partial charge in [0.05, 0.1) is 10.2 Å². The molecule has 0 aliphatic carbocycles. The first kappa shape index (κ1) is 15.0. The van der Waals surface area contributed by atoms with Gasteiger partial charge in [0.15, 0.2) is 9.84 Å². The zero-order chi connectivity index (χ0) is 12.9. The molecule has 0 fully saturated rings. The number of halogens is 2. The van der Waals surface area contributed by atoms with Crippen molar-refractivity contribution < 1.29 is 13.2 Å². The van der Waals surface area contributed by atoms with Gasteiger partial charge in [-0.15, -0.1) is 0 Å². The van der Waals surface area contributed by atoms with Crippen molar-refractivity contribution in [2.24, 2.45) is 0 Å². The summed E-state index contributed by atoms with van der Waals surface area (Å²) in [6.45, 7) is 1.82. The average molecular weight is 386 g/mol. The Morgan fingerprint density at radius 1 is 1.35 bits per heavy atom. The lowest BCUT2D eigenvalue weighted by Gasteiger charge is -2.09. The molecule has 6 heteroatoms. The minimum atomic E-state index is -2.96. The van der Waals surface area contributed by atoms with E-state index in [4.69, 9.17) is 4.74 Å². The zero-order valence-electron chi connectivity index (χ0n) is 9.45. The molecule has 0 aromatic heterocycles. The maximum atomic E-state index is 11.3. The van der Waals surface area contributed by atoms with Gasteiger partial charge in [0.1, 0.15) is 12.4 Å². The van der Waals surface area contributed by atoms with Crippen molar-refractivity contribution in [1.29, 1.82) is 0 Å². The first-order valence-electron chi connectivity index (χ1n) is 5.16. The van der Waals surface area contributed by atoms with Crippen LogP contribution in [0, 0.1) is 0 Å². The number of benzene rings is 1. The molecule has 0 unspecified atom stereocenters. The van der Waals surface area contributed by atoms with Crippen LogP contribution in [0.2, 0.25) is 0 Å². The SMILES string of the molecule is CCS(=O)(=O)CCOc1ccc(CBr)cc1Br. The second-order valence-corrected chi connectivity index (χ2v) is 7.37. The van der Waals surface area contributed by atoms with Crippen molar-refractivity contribution in [2.45, 2.75) is 12.3 Å². The Bertz CT molecular complexity index is 472. The van der Waals surface area contributed by atoms with Crippen LogP contribution in [0.1, 0.15) is 12.5 Å². The minimum Gasteiger partial charge on any atom is -0.491 e. The lowest BCUT2D eigenvalue weighted by atomic mass is 10.2. The Balaban J connectivity index is 2.58. The zero-order valence-corrected chi connectivity index (χ0v) is 13.4. The van der Waals surface area contributed by atoms with Crippen molar-refractivity contribution >= 4 is 41.7 Å². The average Bonchev–Trinajstić information content (AvgIpc) is 2.31. The third-order valence-electron chi connectivity index (χ3n) is 2.24. The fourth-order valence-electron chi connectivity index (χ4n) is 1.17. The Kier molecular flexibility index (Phi) is 5.95. The summed E-state index contributed by atoms with van der Waals surface area (Å²) in [4.78, 5) is 0. The maximum Gasteiger partial charge on any atom is 0.153 e. The van der Waals surface area contributed by atoms with Crippen LogP contribution in [-0.4, -0.2) is 26.5 Å². The van der Waals surface area contributed by atoms with E-state index >= 15 is 0 Å². The quantitative estimate of drug-likeness (QED) is 0.706. The highest BCUT2D eigenvalue weighted by Gasteiger charge is 2.08. The van der Waals surface area contributed by atoms with Crippen molar-refractivity contribution in [3.8, 4) is 5.75 Å². The van der Waals surface area contributed by atoms with Crippen molar-refractivity contribution in [3.05, 3.63) is 28.2 Å². The van der Waals surface area contributed by atoms with Crippen LogP contribution >= 0.6 is 31.9 Å². The molecule has 0 aliphatic rings. The summed E-state index contributed by atoms with van der Waals surface area (Å²) in [6.07, 6.45) is 0. The molecule has 1 aromatic carbocycles. The second kappa shape index (κ2) is 6.75. The fraction of sp³-hybridized carbons (Fsp3) is 0.455. The molecule has 0 spiro atoms. The van der Waals surface area contributed by atoms with Crippen LogP contribution in [0.25, 0.3) is 0 Å². The molecule has 0 bridgehead atoms. The Morgan fingerprint density at radius 2 is 2.06 bits per heavy atom. The van der Waals surface area contributed by atoms with Gasteiger partial charge in [-0.2, -0.15) is 0 Å². The lowest BCUT2D eigenvalue weighted by Crippen LogP contribution is -2.15. The highest BCUT2D eigenvalue weighted by Crippen LogP contribution is 2.26. The van der Waals surface area contributed by atoms with Crippen molar-refractivity contribution in [1.82, 2.24) is 0 Å². The summed E-state index contributed by atoms with van der Waals surface area (Å²) in [7, 11) is -2.96. The van der Waals surface area contributed by atoms with Gasteiger partial charge in [-0.05, 0) is 33.6 Å². The molecule has 0 saturated heterocycles. The van der Waals surface area contributed by atoms with Crippen LogP contribution in [0.15, 0.2) is 22.7 Å². The fourth-order valence-corrected chi connectivity index (χ4v) is 2.68. The largest absolute Gasteiger partial charge is 0.491 e. The predicted molar refractivity (Wildman–Crippen MR) is 76.6 cm³/mol. The third-order valence-corrected chi connectivity index (χ3v) is 5.18. The van der Waals surface area contributed by atoms with Crippen LogP contribution in [0.4, 0.5) is 0 Å². The molecule has 0 aliphatic heterocycles. The highest BCUT2D eigenvalue weighted by atomic mass is 79.9. The first-order valence-corrected chi connectivity index (χ1v) is 8.89. The lowest BCUT2D eigenvalue weighted by molar-refractivity contribution is 0.338. The minimum absolute atomic E-state index is 0.0517. The predicted octanol–water partition coefficient (Wildman–Crippen LogP) is 3.16. The van der Waals surface area contributed by atoms with E-state index < -0.39 is 9.84 Å². The molecule has 1 rings (SSSR count). The second-order valence-electron chi connectivity index (χ2n) is 3.48. The van der Waals surface area contributed by atoms with Gasteiger partial charge >= 0.3 is 0 Å². The van der Waals surface area contributed by atoms with Gasteiger partial charge in [-0.1, -0.05) is 28.9 Å². The molecular weight excluding hydrogens is 372 g/mol. The van der Waals surface area contributed by atoms with Gasteiger partial charge in [-0.25, -0.2) is 8.42 Å². The van der Waals surface area contributed by atoms with E-state index in [0.29, 0.717) is 5.75 Å². The summed E-state index contributed by atoms with van der Waals surface area (Å²) in [5.41, 5.74) is 1.13. The molecule has 0 amide bonds.